The Balaban J connectivity index is 1.82. The zero-order chi connectivity index (χ0) is 17.6. The van der Waals surface area contributed by atoms with E-state index in [2.05, 4.69) is 24.3 Å². The molecule has 128 valence electrons. The van der Waals surface area contributed by atoms with Gasteiger partial charge in [0.25, 0.3) is 5.91 Å². The third kappa shape index (κ3) is 4.35. The van der Waals surface area contributed by atoms with Crippen molar-refractivity contribution in [3.63, 3.8) is 0 Å². The molecule has 4 heteroatoms. The third-order valence-electron chi connectivity index (χ3n) is 4.34. The summed E-state index contributed by atoms with van der Waals surface area (Å²) in [5.41, 5.74) is 2.27. The van der Waals surface area contributed by atoms with E-state index in [9.17, 15) is 4.79 Å². The van der Waals surface area contributed by atoms with Gasteiger partial charge in [0.2, 0.25) is 6.33 Å². The summed E-state index contributed by atoms with van der Waals surface area (Å²) >= 11 is 0. The van der Waals surface area contributed by atoms with Crippen molar-refractivity contribution in [2.24, 2.45) is 7.05 Å². The molecular weight excluding hydrogens is 310 g/mol. The van der Waals surface area contributed by atoms with E-state index < -0.39 is 0 Å². The highest BCUT2D eigenvalue weighted by atomic mass is 16.2. The van der Waals surface area contributed by atoms with Gasteiger partial charge in [0.15, 0.2) is 6.04 Å². The lowest BCUT2D eigenvalue weighted by molar-refractivity contribution is -0.671. The molecule has 1 amide bonds. The van der Waals surface area contributed by atoms with Crippen molar-refractivity contribution in [3.05, 3.63) is 90.5 Å². The number of aromatic nitrogens is 2. The average Bonchev–Trinajstić information content (AvgIpc) is 3.08. The van der Waals surface area contributed by atoms with Crippen LogP contribution in [0.4, 0.5) is 0 Å². The van der Waals surface area contributed by atoms with Gasteiger partial charge in [0.05, 0.1) is 7.05 Å². The number of rotatable bonds is 6. The van der Waals surface area contributed by atoms with Gasteiger partial charge in [-0.25, -0.2) is 9.13 Å². The number of hydrogen-bond donors (Lipinski definition) is 0. The quantitative estimate of drug-likeness (QED) is 0.637. The Morgan fingerprint density at radius 2 is 1.52 bits per heavy atom. The van der Waals surface area contributed by atoms with Crippen LogP contribution in [0.3, 0.4) is 0 Å². The molecule has 2 aromatic carbocycles. The van der Waals surface area contributed by atoms with Crippen LogP contribution in [0.15, 0.2) is 79.4 Å². The van der Waals surface area contributed by atoms with Crippen LogP contribution in [0, 0.1) is 0 Å². The first kappa shape index (κ1) is 17.0. The highest BCUT2D eigenvalue weighted by Gasteiger charge is 2.25. The van der Waals surface area contributed by atoms with Crippen LogP contribution in [0.2, 0.25) is 0 Å². The van der Waals surface area contributed by atoms with E-state index in [1.54, 1.807) is 0 Å². The van der Waals surface area contributed by atoms with E-state index in [0.29, 0.717) is 13.1 Å². The van der Waals surface area contributed by atoms with Crippen LogP contribution in [0.1, 0.15) is 24.1 Å². The summed E-state index contributed by atoms with van der Waals surface area (Å²) < 4.78 is 3.90. The van der Waals surface area contributed by atoms with Crippen molar-refractivity contribution in [1.29, 1.82) is 0 Å². The van der Waals surface area contributed by atoms with Crippen molar-refractivity contribution in [3.8, 4) is 0 Å². The van der Waals surface area contributed by atoms with E-state index in [-0.39, 0.29) is 11.9 Å². The van der Waals surface area contributed by atoms with E-state index in [0.717, 1.165) is 11.1 Å². The molecular formula is C21H24N3O+. The summed E-state index contributed by atoms with van der Waals surface area (Å²) in [5, 5.41) is 0. The SMILES string of the molecule is C[C@H](C(=O)N(Cc1ccccc1)Cc1ccccc1)n1cc[n+](C)c1. The highest BCUT2D eigenvalue weighted by molar-refractivity contribution is 5.80. The van der Waals surface area contributed by atoms with Crippen LogP contribution in [0.5, 0.6) is 0 Å². The predicted molar refractivity (Wildman–Crippen MR) is 97.5 cm³/mol. The Hall–Kier alpha value is -2.88. The van der Waals surface area contributed by atoms with Gasteiger partial charge in [-0.2, -0.15) is 0 Å². The first-order valence-electron chi connectivity index (χ1n) is 8.53. The highest BCUT2D eigenvalue weighted by Crippen LogP contribution is 2.16. The lowest BCUT2D eigenvalue weighted by Crippen LogP contribution is -2.35. The lowest BCUT2D eigenvalue weighted by atomic mass is 10.1. The van der Waals surface area contributed by atoms with Crippen LogP contribution < -0.4 is 4.57 Å². The minimum atomic E-state index is -0.242. The maximum Gasteiger partial charge on any atom is 0.268 e. The largest absolute Gasteiger partial charge is 0.330 e. The molecule has 0 saturated heterocycles. The van der Waals surface area contributed by atoms with Crippen LogP contribution in [0.25, 0.3) is 0 Å². The monoisotopic (exact) mass is 334 g/mol. The summed E-state index contributed by atoms with van der Waals surface area (Å²) in [4.78, 5) is 15.1. The molecule has 1 aromatic heterocycles. The number of nitrogens with zero attached hydrogens (tertiary/aromatic N) is 3. The van der Waals surface area contributed by atoms with Crippen molar-refractivity contribution < 1.29 is 9.36 Å². The molecule has 1 heterocycles. The predicted octanol–water partition coefficient (Wildman–Crippen LogP) is 3.10. The van der Waals surface area contributed by atoms with Crippen molar-refractivity contribution in [1.82, 2.24) is 9.47 Å². The van der Waals surface area contributed by atoms with Crippen molar-refractivity contribution in [2.75, 3.05) is 0 Å². The Bertz CT molecular complexity index is 770. The maximum absolute atomic E-state index is 13.2. The standard InChI is InChI=1S/C21H24N3O/c1-18(23-14-13-22(2)17-23)21(25)24(15-19-9-5-3-6-10-19)16-20-11-7-4-8-12-20/h3-14,17-18H,15-16H2,1-2H3/q+1/t18-/m1/s1. The number of carbonyl (C=O) groups excluding carboxylic acids is 1. The second-order valence-electron chi connectivity index (χ2n) is 6.37. The molecule has 0 bridgehead atoms. The molecule has 0 N–H and O–H groups in total. The average molecular weight is 334 g/mol. The molecule has 0 fully saturated rings. The van der Waals surface area contributed by atoms with Crippen LogP contribution in [-0.2, 0) is 24.9 Å². The summed E-state index contributed by atoms with van der Waals surface area (Å²) in [6.45, 7) is 3.16. The second kappa shape index (κ2) is 7.79. The van der Waals surface area contributed by atoms with Crippen molar-refractivity contribution in [2.45, 2.75) is 26.1 Å². The molecule has 0 spiro atoms. The molecule has 4 nitrogen and oxygen atoms in total. The normalized spacial score (nSPS) is 11.9. The van der Waals surface area contributed by atoms with Gasteiger partial charge < -0.3 is 4.90 Å². The van der Waals surface area contributed by atoms with Crippen LogP contribution >= 0.6 is 0 Å². The number of benzene rings is 2. The Morgan fingerprint density at radius 1 is 1.00 bits per heavy atom. The molecule has 0 saturated carbocycles. The summed E-state index contributed by atoms with van der Waals surface area (Å²) in [7, 11) is 1.96. The van der Waals surface area contributed by atoms with Gasteiger partial charge >= 0.3 is 0 Å². The molecule has 0 aliphatic rings. The fourth-order valence-corrected chi connectivity index (χ4v) is 2.91. The van der Waals surface area contributed by atoms with E-state index in [1.165, 1.54) is 0 Å². The van der Waals surface area contributed by atoms with Crippen LogP contribution in [-0.4, -0.2) is 15.4 Å². The van der Waals surface area contributed by atoms with Crippen molar-refractivity contribution >= 4 is 5.91 Å². The second-order valence-corrected chi connectivity index (χ2v) is 6.37. The van der Waals surface area contributed by atoms with E-state index in [1.807, 2.05) is 83.1 Å². The molecule has 0 aliphatic heterocycles. The number of aryl methyl sites for hydroxylation is 1. The number of amides is 1. The number of carbonyl (C=O) groups is 1. The number of hydrogen-bond acceptors (Lipinski definition) is 1. The minimum Gasteiger partial charge on any atom is -0.330 e. The van der Waals surface area contributed by atoms with E-state index >= 15 is 0 Å². The van der Waals surface area contributed by atoms with Gasteiger partial charge in [0, 0.05) is 13.1 Å². The molecule has 0 radical (unpaired) electrons. The van der Waals surface area contributed by atoms with Gasteiger partial charge in [0.1, 0.15) is 12.4 Å². The lowest BCUT2D eigenvalue weighted by Gasteiger charge is -2.25. The minimum absolute atomic E-state index is 0.115. The van der Waals surface area contributed by atoms with Gasteiger partial charge in [-0.1, -0.05) is 60.7 Å². The zero-order valence-electron chi connectivity index (χ0n) is 14.7. The maximum atomic E-state index is 13.2. The first-order valence-corrected chi connectivity index (χ1v) is 8.53. The molecule has 0 aliphatic carbocycles. The van der Waals surface area contributed by atoms with E-state index in [4.69, 9.17) is 0 Å². The number of imidazole rings is 1. The fourth-order valence-electron chi connectivity index (χ4n) is 2.91. The third-order valence-corrected chi connectivity index (χ3v) is 4.34. The van der Waals surface area contributed by atoms with Gasteiger partial charge in [-0.3, -0.25) is 4.79 Å². The topological polar surface area (TPSA) is 29.1 Å². The van der Waals surface area contributed by atoms with Gasteiger partial charge in [-0.05, 0) is 18.1 Å². The molecule has 3 rings (SSSR count). The molecule has 3 aromatic rings. The Kier molecular flexibility index (Phi) is 5.29. The molecule has 0 unspecified atom stereocenters. The smallest absolute Gasteiger partial charge is 0.268 e. The molecule has 25 heavy (non-hydrogen) atoms. The zero-order valence-corrected chi connectivity index (χ0v) is 14.7. The summed E-state index contributed by atoms with van der Waals surface area (Å²) in [5.74, 6) is 0.115. The van der Waals surface area contributed by atoms with Gasteiger partial charge in [-0.15, -0.1) is 0 Å². The fraction of sp³-hybridized carbons (Fsp3) is 0.238. The summed E-state index contributed by atoms with van der Waals surface area (Å²) in [6, 6.07) is 20.0. The first-order chi connectivity index (χ1) is 12.1. The Labute approximate surface area is 149 Å². The molecule has 1 atom stereocenters. The summed E-state index contributed by atoms with van der Waals surface area (Å²) in [6.07, 6.45) is 5.82. The Morgan fingerprint density at radius 3 is 1.96 bits per heavy atom.